The predicted molar refractivity (Wildman–Crippen MR) is 98.8 cm³/mol. The van der Waals surface area contributed by atoms with Crippen molar-refractivity contribution in [2.75, 3.05) is 17.2 Å². The number of benzene rings is 2. The summed E-state index contributed by atoms with van der Waals surface area (Å²) in [5.41, 5.74) is 2.09. The zero-order valence-electron chi connectivity index (χ0n) is 12.9. The van der Waals surface area contributed by atoms with Gasteiger partial charge in [-0.2, -0.15) is 0 Å². The minimum absolute atomic E-state index is 0.103. The summed E-state index contributed by atoms with van der Waals surface area (Å²) in [5.74, 6) is 0.145. The van der Waals surface area contributed by atoms with E-state index in [0.29, 0.717) is 17.1 Å². The van der Waals surface area contributed by atoms with E-state index in [0.717, 1.165) is 9.13 Å². The molecule has 0 bridgehead atoms. The van der Waals surface area contributed by atoms with Crippen LogP contribution in [0.15, 0.2) is 42.5 Å². The molecule has 0 spiro atoms. The Kier molecular flexibility index (Phi) is 5.97. The first-order chi connectivity index (χ1) is 10.9. The normalized spacial score (nSPS) is 10.0. The number of nitrogens with one attached hydrogen (secondary N) is 2. The molecule has 0 aliphatic carbocycles. The van der Waals surface area contributed by atoms with E-state index in [-0.39, 0.29) is 18.4 Å². The van der Waals surface area contributed by atoms with Gasteiger partial charge in [-0.1, -0.05) is 6.07 Å². The van der Waals surface area contributed by atoms with Gasteiger partial charge >= 0.3 is 0 Å². The van der Waals surface area contributed by atoms with Crippen LogP contribution in [0, 0.1) is 10.5 Å². The first kappa shape index (κ1) is 17.3. The second-order valence-corrected chi connectivity index (χ2v) is 6.27. The van der Waals surface area contributed by atoms with Crippen molar-refractivity contribution in [3.63, 3.8) is 0 Å². The third kappa shape index (κ3) is 5.55. The maximum Gasteiger partial charge on any atom is 0.262 e. The summed E-state index contributed by atoms with van der Waals surface area (Å²) < 4.78 is 6.54. The summed E-state index contributed by atoms with van der Waals surface area (Å²) in [6, 6.07) is 12.9. The van der Waals surface area contributed by atoms with Crippen LogP contribution in [0.25, 0.3) is 0 Å². The van der Waals surface area contributed by atoms with Crippen LogP contribution in [0.2, 0.25) is 0 Å². The summed E-state index contributed by atoms with van der Waals surface area (Å²) in [6.07, 6.45) is 0. The molecule has 0 aromatic heterocycles. The van der Waals surface area contributed by atoms with Crippen LogP contribution in [0.5, 0.6) is 5.75 Å². The van der Waals surface area contributed by atoms with Gasteiger partial charge in [0.15, 0.2) is 6.61 Å². The summed E-state index contributed by atoms with van der Waals surface area (Å²) in [6.45, 7) is 3.23. The monoisotopic (exact) mass is 424 g/mol. The van der Waals surface area contributed by atoms with E-state index in [9.17, 15) is 9.59 Å². The number of hydrogen-bond acceptors (Lipinski definition) is 3. The zero-order valence-corrected chi connectivity index (χ0v) is 15.0. The van der Waals surface area contributed by atoms with Gasteiger partial charge in [0.25, 0.3) is 5.91 Å². The highest BCUT2D eigenvalue weighted by atomic mass is 127. The Balaban J connectivity index is 2.00. The van der Waals surface area contributed by atoms with E-state index >= 15 is 0 Å². The van der Waals surface area contributed by atoms with Gasteiger partial charge in [0, 0.05) is 10.5 Å². The average Bonchev–Trinajstić information content (AvgIpc) is 2.49. The molecule has 5 nitrogen and oxygen atoms in total. The van der Waals surface area contributed by atoms with E-state index < -0.39 is 0 Å². The van der Waals surface area contributed by atoms with Gasteiger partial charge in [-0.25, -0.2) is 0 Å². The van der Waals surface area contributed by atoms with Gasteiger partial charge in [-0.15, -0.1) is 0 Å². The number of rotatable bonds is 5. The van der Waals surface area contributed by atoms with Gasteiger partial charge in [-0.3, -0.25) is 9.59 Å². The van der Waals surface area contributed by atoms with Crippen LogP contribution in [0.3, 0.4) is 0 Å². The lowest BCUT2D eigenvalue weighted by atomic mass is 10.2. The zero-order chi connectivity index (χ0) is 16.8. The second kappa shape index (κ2) is 7.96. The molecule has 2 amide bonds. The van der Waals surface area contributed by atoms with E-state index in [4.69, 9.17) is 4.74 Å². The molecule has 0 saturated heterocycles. The molecule has 2 aromatic rings. The molecule has 2 rings (SSSR count). The number of ether oxygens (including phenoxy) is 1. The first-order valence-corrected chi connectivity index (χ1v) is 8.08. The van der Waals surface area contributed by atoms with Crippen LogP contribution in [-0.2, 0) is 9.59 Å². The Hall–Kier alpha value is -2.09. The summed E-state index contributed by atoms with van der Waals surface area (Å²) >= 11 is 2.20. The molecule has 0 radical (unpaired) electrons. The SMILES string of the molecule is CC(=O)Nc1ccc(C)cc1NC(=O)COc1ccc(I)cc1. The minimum atomic E-state index is -0.291. The molecule has 0 aliphatic rings. The van der Waals surface area contributed by atoms with Crippen molar-refractivity contribution in [1.82, 2.24) is 0 Å². The van der Waals surface area contributed by atoms with Crippen LogP contribution in [0.4, 0.5) is 11.4 Å². The molecule has 23 heavy (non-hydrogen) atoms. The lowest BCUT2D eigenvalue weighted by Crippen LogP contribution is -2.21. The molecule has 120 valence electrons. The fourth-order valence-corrected chi connectivity index (χ4v) is 2.29. The van der Waals surface area contributed by atoms with Crippen molar-refractivity contribution in [3.05, 3.63) is 51.6 Å². The Bertz CT molecular complexity index is 714. The van der Waals surface area contributed by atoms with Crippen molar-refractivity contribution < 1.29 is 14.3 Å². The standard InChI is InChI=1S/C17H17IN2O3/c1-11-3-8-15(19-12(2)21)16(9-11)20-17(22)10-23-14-6-4-13(18)5-7-14/h3-9H,10H2,1-2H3,(H,19,21)(H,20,22). The third-order valence-corrected chi connectivity index (χ3v) is 3.66. The number of carbonyl (C=O) groups excluding carboxylic acids is 2. The van der Waals surface area contributed by atoms with Crippen molar-refractivity contribution >= 4 is 45.8 Å². The molecule has 2 aromatic carbocycles. The fraction of sp³-hybridized carbons (Fsp3) is 0.176. The Morgan fingerprint density at radius 3 is 2.39 bits per heavy atom. The lowest BCUT2D eigenvalue weighted by molar-refractivity contribution is -0.118. The molecule has 0 unspecified atom stereocenters. The molecule has 0 saturated carbocycles. The maximum atomic E-state index is 12.1. The third-order valence-electron chi connectivity index (χ3n) is 2.94. The number of hydrogen-bond donors (Lipinski definition) is 2. The molecule has 0 atom stereocenters. The van der Waals surface area contributed by atoms with Gasteiger partial charge in [0.1, 0.15) is 5.75 Å². The van der Waals surface area contributed by atoms with E-state index in [1.54, 1.807) is 12.1 Å². The topological polar surface area (TPSA) is 67.4 Å². The number of carbonyl (C=O) groups is 2. The lowest BCUT2D eigenvalue weighted by Gasteiger charge is -2.13. The predicted octanol–water partition coefficient (Wildman–Crippen LogP) is 3.58. The van der Waals surface area contributed by atoms with Crippen LogP contribution in [0.1, 0.15) is 12.5 Å². The summed E-state index contributed by atoms with van der Waals surface area (Å²) in [7, 11) is 0. The highest BCUT2D eigenvalue weighted by molar-refractivity contribution is 14.1. The molecule has 6 heteroatoms. The Morgan fingerprint density at radius 1 is 1.04 bits per heavy atom. The van der Waals surface area contributed by atoms with Crippen molar-refractivity contribution in [3.8, 4) is 5.75 Å². The van der Waals surface area contributed by atoms with E-state index in [1.165, 1.54) is 6.92 Å². The quantitative estimate of drug-likeness (QED) is 0.722. The van der Waals surface area contributed by atoms with Crippen molar-refractivity contribution in [1.29, 1.82) is 0 Å². The molecule has 0 fully saturated rings. The smallest absolute Gasteiger partial charge is 0.262 e. The van der Waals surface area contributed by atoms with Gasteiger partial charge in [0.2, 0.25) is 5.91 Å². The number of halogens is 1. The Labute approximate surface area is 148 Å². The summed E-state index contributed by atoms with van der Waals surface area (Å²) in [4.78, 5) is 23.3. The molecular formula is C17H17IN2O3. The molecule has 0 heterocycles. The average molecular weight is 424 g/mol. The van der Waals surface area contributed by atoms with Crippen LogP contribution >= 0.6 is 22.6 Å². The number of amides is 2. The van der Waals surface area contributed by atoms with Gasteiger partial charge in [0.05, 0.1) is 11.4 Å². The number of aryl methyl sites for hydroxylation is 1. The van der Waals surface area contributed by atoms with Crippen molar-refractivity contribution in [2.24, 2.45) is 0 Å². The highest BCUT2D eigenvalue weighted by Crippen LogP contribution is 2.23. The van der Waals surface area contributed by atoms with Crippen LogP contribution in [-0.4, -0.2) is 18.4 Å². The van der Waals surface area contributed by atoms with Crippen LogP contribution < -0.4 is 15.4 Å². The van der Waals surface area contributed by atoms with Gasteiger partial charge in [-0.05, 0) is 71.5 Å². The molecule has 0 aliphatic heterocycles. The van der Waals surface area contributed by atoms with Crippen molar-refractivity contribution in [2.45, 2.75) is 13.8 Å². The summed E-state index contributed by atoms with van der Waals surface area (Å²) in [5, 5.41) is 5.45. The largest absolute Gasteiger partial charge is 0.484 e. The number of anilines is 2. The second-order valence-electron chi connectivity index (χ2n) is 5.02. The molecule has 2 N–H and O–H groups in total. The highest BCUT2D eigenvalue weighted by Gasteiger charge is 2.09. The Morgan fingerprint density at radius 2 is 1.74 bits per heavy atom. The first-order valence-electron chi connectivity index (χ1n) is 7.00. The fourth-order valence-electron chi connectivity index (χ4n) is 1.93. The van der Waals surface area contributed by atoms with E-state index in [1.807, 2.05) is 37.3 Å². The maximum absolute atomic E-state index is 12.1. The minimum Gasteiger partial charge on any atom is -0.484 e. The van der Waals surface area contributed by atoms with E-state index in [2.05, 4.69) is 33.2 Å². The molecular weight excluding hydrogens is 407 g/mol. The van der Waals surface area contributed by atoms with Gasteiger partial charge < -0.3 is 15.4 Å².